The monoisotopic (exact) mass is 558 g/mol. The fourth-order valence-electron chi connectivity index (χ4n) is 2.65. The van der Waals surface area contributed by atoms with Crippen LogP contribution < -0.4 is 5.73 Å². The summed E-state index contributed by atoms with van der Waals surface area (Å²) in [5, 5.41) is 12.9. The highest BCUT2D eigenvalue weighted by Crippen LogP contribution is 2.37. The van der Waals surface area contributed by atoms with E-state index in [1.165, 1.54) is 36.4 Å². The Balaban J connectivity index is 2.20. The summed E-state index contributed by atoms with van der Waals surface area (Å²) < 4.78 is 68.7. The summed E-state index contributed by atoms with van der Waals surface area (Å²) in [6.07, 6.45) is -3.75. The predicted octanol–water partition coefficient (Wildman–Crippen LogP) is 3.93. The second-order valence-electron chi connectivity index (χ2n) is 6.73. The number of halogens is 4. The third-order valence-corrected chi connectivity index (χ3v) is 6.18. The zero-order valence-corrected chi connectivity index (χ0v) is 19.4. The highest BCUT2D eigenvalue weighted by Gasteiger charge is 2.34. The van der Waals surface area contributed by atoms with Crippen molar-refractivity contribution in [3.8, 4) is 11.5 Å². The van der Waals surface area contributed by atoms with Gasteiger partial charge in [-0.25, -0.2) is 18.2 Å². The number of hydrogen-bond acceptors (Lipinski definition) is 8. The number of para-hydroxylation sites is 1. The van der Waals surface area contributed by atoms with Crippen LogP contribution in [0.15, 0.2) is 73.1 Å². The van der Waals surface area contributed by atoms with Gasteiger partial charge >= 0.3 is 12.1 Å². The minimum atomic E-state index is -4.76. The van der Waals surface area contributed by atoms with E-state index >= 15 is 0 Å². The molecule has 0 saturated carbocycles. The first-order valence-electron chi connectivity index (χ1n) is 9.07. The molecule has 0 fully saturated rings. The number of aliphatic carboxylic acids is 1. The van der Waals surface area contributed by atoms with Gasteiger partial charge in [0.25, 0.3) is 5.89 Å². The lowest BCUT2D eigenvalue weighted by atomic mass is 10.1. The van der Waals surface area contributed by atoms with Crippen LogP contribution in [0.2, 0.25) is 0 Å². The molecular formula is C20H14BrF3N4O5S. The van der Waals surface area contributed by atoms with Gasteiger partial charge in [0.15, 0.2) is 9.84 Å². The standard InChI is InChI=1S/C20H14BrF3N4O5S/c1-34(31,32)11-6-4-5-10(9-11)18-27-17(28-33-18)16(14(21)15(25)19(29)30)26-13-8-3-2-7-12(13)20(22,23)24/h2-9H,25H2,1H3,(H,29,30)/b15-14+,26-16?. The molecule has 34 heavy (non-hydrogen) atoms. The molecule has 0 aliphatic carbocycles. The molecule has 0 aliphatic heterocycles. The van der Waals surface area contributed by atoms with Crippen LogP contribution in [-0.2, 0) is 20.8 Å². The molecule has 0 aliphatic rings. The third kappa shape index (κ3) is 5.51. The summed E-state index contributed by atoms with van der Waals surface area (Å²) in [6.45, 7) is 0. The Morgan fingerprint density at radius 3 is 2.47 bits per heavy atom. The average Bonchev–Trinajstić information content (AvgIpc) is 3.25. The van der Waals surface area contributed by atoms with Gasteiger partial charge in [0.1, 0.15) is 11.4 Å². The van der Waals surface area contributed by atoms with Gasteiger partial charge in [0, 0.05) is 11.8 Å². The number of carboxylic acid groups (broad SMARTS) is 1. The summed E-state index contributed by atoms with van der Waals surface area (Å²) in [6, 6.07) is 9.86. The fourth-order valence-corrected chi connectivity index (χ4v) is 3.75. The maximum atomic E-state index is 13.4. The topological polar surface area (TPSA) is 149 Å². The SMILES string of the molecule is CS(=O)(=O)c1cccc(-c2nc(C(=Nc3ccccc3C(F)(F)F)/C(Br)=C(\N)C(=O)O)no2)c1. The number of aliphatic imine (C=N–C) groups is 1. The lowest BCUT2D eigenvalue weighted by Crippen LogP contribution is -2.17. The maximum absolute atomic E-state index is 13.4. The Kier molecular flexibility index (Phi) is 6.93. The van der Waals surface area contributed by atoms with E-state index < -0.39 is 54.9 Å². The molecule has 9 nitrogen and oxygen atoms in total. The van der Waals surface area contributed by atoms with Crippen LogP contribution >= 0.6 is 15.9 Å². The lowest BCUT2D eigenvalue weighted by molar-refractivity contribution is -0.137. The van der Waals surface area contributed by atoms with Gasteiger partial charge in [-0.15, -0.1) is 0 Å². The van der Waals surface area contributed by atoms with Gasteiger partial charge in [0.05, 0.1) is 20.6 Å². The van der Waals surface area contributed by atoms with Crippen molar-refractivity contribution in [2.75, 3.05) is 6.26 Å². The Labute approximate surface area is 198 Å². The lowest BCUT2D eigenvalue weighted by Gasteiger charge is -2.10. The van der Waals surface area contributed by atoms with E-state index in [-0.39, 0.29) is 16.3 Å². The number of alkyl halides is 3. The minimum absolute atomic E-state index is 0.0334. The summed E-state index contributed by atoms with van der Waals surface area (Å²) in [4.78, 5) is 19.3. The zero-order valence-electron chi connectivity index (χ0n) is 17.0. The molecule has 0 spiro atoms. The molecule has 0 unspecified atom stereocenters. The number of carboxylic acids is 1. The van der Waals surface area contributed by atoms with Crippen molar-refractivity contribution in [1.29, 1.82) is 0 Å². The molecule has 0 amide bonds. The number of sulfone groups is 1. The summed E-state index contributed by atoms with van der Waals surface area (Å²) in [7, 11) is -3.55. The summed E-state index contributed by atoms with van der Waals surface area (Å²) in [5.41, 5.74) is 2.87. The number of allylic oxidation sites excluding steroid dienone is 1. The third-order valence-electron chi connectivity index (χ3n) is 4.26. The Bertz CT molecular complexity index is 1430. The van der Waals surface area contributed by atoms with Crippen molar-refractivity contribution in [2.45, 2.75) is 11.1 Å². The highest BCUT2D eigenvalue weighted by atomic mass is 79.9. The number of aromatic nitrogens is 2. The normalized spacial score (nSPS) is 13.5. The smallest absolute Gasteiger partial charge is 0.418 e. The van der Waals surface area contributed by atoms with Crippen LogP contribution in [0, 0.1) is 0 Å². The molecule has 3 aromatic rings. The van der Waals surface area contributed by atoms with Crippen molar-refractivity contribution in [3.05, 3.63) is 70.1 Å². The van der Waals surface area contributed by atoms with E-state index in [1.807, 2.05) is 0 Å². The number of nitrogens with zero attached hydrogens (tertiary/aromatic N) is 3. The molecule has 0 bridgehead atoms. The molecular weight excluding hydrogens is 545 g/mol. The second kappa shape index (κ2) is 9.38. The van der Waals surface area contributed by atoms with E-state index in [1.54, 1.807) is 0 Å². The van der Waals surface area contributed by atoms with Crippen molar-refractivity contribution in [2.24, 2.45) is 10.7 Å². The largest absolute Gasteiger partial charge is 0.477 e. The number of carbonyl (C=O) groups is 1. The van der Waals surface area contributed by atoms with Crippen molar-refractivity contribution < 1.29 is 36.0 Å². The molecule has 178 valence electrons. The van der Waals surface area contributed by atoms with Crippen molar-refractivity contribution >= 4 is 43.1 Å². The van der Waals surface area contributed by atoms with Gasteiger partial charge in [-0.2, -0.15) is 18.2 Å². The van der Waals surface area contributed by atoms with Gasteiger partial charge in [-0.05, 0) is 46.3 Å². The van der Waals surface area contributed by atoms with E-state index in [9.17, 15) is 31.5 Å². The van der Waals surface area contributed by atoms with Crippen LogP contribution in [0.5, 0.6) is 0 Å². The molecule has 14 heteroatoms. The summed E-state index contributed by atoms with van der Waals surface area (Å²) >= 11 is 2.94. The first kappa shape index (κ1) is 25.1. The Hall–Kier alpha value is -3.52. The van der Waals surface area contributed by atoms with Crippen LogP contribution in [0.1, 0.15) is 11.4 Å². The van der Waals surface area contributed by atoms with Crippen molar-refractivity contribution in [1.82, 2.24) is 10.1 Å². The van der Waals surface area contributed by atoms with Crippen molar-refractivity contribution in [3.63, 3.8) is 0 Å². The van der Waals surface area contributed by atoms with E-state index in [4.69, 9.17) is 10.3 Å². The fraction of sp³-hybridized carbons (Fsp3) is 0.100. The minimum Gasteiger partial charge on any atom is -0.477 e. The molecule has 2 aromatic carbocycles. The molecule has 3 rings (SSSR count). The zero-order chi connectivity index (χ0) is 25.3. The van der Waals surface area contributed by atoms with Crippen LogP contribution in [0.25, 0.3) is 11.5 Å². The molecule has 0 radical (unpaired) electrons. The highest BCUT2D eigenvalue weighted by molar-refractivity contribution is 9.12. The predicted molar refractivity (Wildman–Crippen MR) is 118 cm³/mol. The van der Waals surface area contributed by atoms with Gasteiger partial charge < -0.3 is 15.4 Å². The number of rotatable bonds is 6. The second-order valence-corrected chi connectivity index (χ2v) is 9.54. The number of nitrogens with two attached hydrogens (primary N) is 1. The summed E-state index contributed by atoms with van der Waals surface area (Å²) in [5.74, 6) is -2.16. The molecule has 0 saturated heterocycles. The van der Waals surface area contributed by atoms with Crippen LogP contribution in [-0.4, -0.2) is 41.6 Å². The quantitative estimate of drug-likeness (QED) is 0.341. The number of hydrogen-bond donors (Lipinski definition) is 2. The average molecular weight is 559 g/mol. The number of benzene rings is 2. The van der Waals surface area contributed by atoms with Crippen LogP contribution in [0.4, 0.5) is 18.9 Å². The van der Waals surface area contributed by atoms with E-state index in [2.05, 4.69) is 31.1 Å². The molecule has 0 atom stereocenters. The first-order valence-corrected chi connectivity index (χ1v) is 11.8. The molecule has 3 N–H and O–H groups in total. The van der Waals surface area contributed by atoms with Gasteiger partial charge in [-0.3, -0.25) is 0 Å². The maximum Gasteiger partial charge on any atom is 0.418 e. The Morgan fingerprint density at radius 2 is 1.85 bits per heavy atom. The van der Waals surface area contributed by atoms with E-state index in [0.29, 0.717) is 0 Å². The Morgan fingerprint density at radius 1 is 1.18 bits per heavy atom. The van der Waals surface area contributed by atoms with Gasteiger partial charge in [-0.1, -0.05) is 23.4 Å². The van der Waals surface area contributed by atoms with E-state index in [0.717, 1.165) is 18.4 Å². The molecule has 1 heterocycles. The first-order chi connectivity index (χ1) is 15.8. The van der Waals surface area contributed by atoms with Gasteiger partial charge in [0.2, 0.25) is 5.82 Å². The van der Waals surface area contributed by atoms with Crippen LogP contribution in [0.3, 0.4) is 0 Å². The molecule has 1 aromatic heterocycles.